The first-order chi connectivity index (χ1) is 10.3. The highest BCUT2D eigenvalue weighted by Crippen LogP contribution is 2.28. The molecule has 1 aliphatic heterocycles. The lowest BCUT2D eigenvalue weighted by atomic mass is 9.95. The monoisotopic (exact) mass is 288 g/mol. The van der Waals surface area contributed by atoms with Gasteiger partial charge in [-0.1, -0.05) is 12.2 Å². The summed E-state index contributed by atoms with van der Waals surface area (Å²) in [4.78, 5) is 14.4. The van der Waals surface area contributed by atoms with Crippen molar-refractivity contribution in [3.63, 3.8) is 0 Å². The molecule has 2 heterocycles. The van der Waals surface area contributed by atoms with Crippen LogP contribution in [0.25, 0.3) is 0 Å². The Balaban J connectivity index is 1.52. The van der Waals surface area contributed by atoms with Crippen LogP contribution in [0.5, 0.6) is 0 Å². The fraction of sp³-hybridized carbons (Fsp3) is 0.688. The number of carbonyl (C=O) groups excluding carboxylic acids is 1. The summed E-state index contributed by atoms with van der Waals surface area (Å²) in [5.74, 6) is 2.33. The molecule has 1 amide bonds. The first-order valence-electron chi connectivity index (χ1n) is 8.10. The van der Waals surface area contributed by atoms with Gasteiger partial charge < -0.3 is 9.47 Å². The number of amides is 1. The van der Waals surface area contributed by atoms with Gasteiger partial charge in [0.05, 0.1) is 0 Å². The minimum absolute atomic E-state index is 0.321. The highest BCUT2D eigenvalue weighted by molar-refractivity contribution is 5.76. The Kier molecular flexibility index (Phi) is 4.36. The van der Waals surface area contributed by atoms with E-state index >= 15 is 0 Å². The first kappa shape index (κ1) is 14.3. The van der Waals surface area contributed by atoms with Crippen molar-refractivity contribution in [2.24, 2.45) is 5.92 Å². The highest BCUT2D eigenvalue weighted by atomic mass is 16.2. The molecule has 1 saturated heterocycles. The van der Waals surface area contributed by atoms with Crippen molar-refractivity contribution in [3.05, 3.63) is 24.3 Å². The van der Waals surface area contributed by atoms with Gasteiger partial charge in [0.2, 0.25) is 5.91 Å². The van der Waals surface area contributed by atoms with Gasteiger partial charge in [0.1, 0.15) is 12.2 Å². The van der Waals surface area contributed by atoms with Crippen LogP contribution >= 0.6 is 0 Å². The van der Waals surface area contributed by atoms with Gasteiger partial charge in [-0.2, -0.15) is 0 Å². The summed E-state index contributed by atoms with van der Waals surface area (Å²) >= 11 is 0. The van der Waals surface area contributed by atoms with Crippen LogP contribution in [-0.4, -0.2) is 38.7 Å². The van der Waals surface area contributed by atoms with Crippen molar-refractivity contribution in [2.45, 2.75) is 51.5 Å². The number of piperidine rings is 1. The molecule has 1 atom stereocenters. The maximum absolute atomic E-state index is 12.3. The van der Waals surface area contributed by atoms with Crippen LogP contribution in [-0.2, 0) is 11.3 Å². The normalized spacial score (nSPS) is 22.9. The summed E-state index contributed by atoms with van der Waals surface area (Å²) in [5.41, 5.74) is 0. The summed E-state index contributed by atoms with van der Waals surface area (Å²) in [6, 6.07) is 0. The SMILES string of the molecule is CCn1cnnc1C1CCN(C(=O)C[C@H]2C=CCC2)CC1. The lowest BCUT2D eigenvalue weighted by molar-refractivity contribution is -0.133. The first-order valence-corrected chi connectivity index (χ1v) is 8.10. The topological polar surface area (TPSA) is 51.0 Å². The van der Waals surface area contributed by atoms with Gasteiger partial charge in [0.15, 0.2) is 0 Å². The third kappa shape index (κ3) is 3.17. The lowest BCUT2D eigenvalue weighted by Crippen LogP contribution is -2.39. The van der Waals surface area contributed by atoms with E-state index in [0.717, 1.165) is 51.1 Å². The van der Waals surface area contributed by atoms with E-state index in [1.807, 2.05) is 4.90 Å². The molecule has 1 aromatic heterocycles. The van der Waals surface area contributed by atoms with Crippen molar-refractivity contribution in [2.75, 3.05) is 13.1 Å². The Labute approximate surface area is 126 Å². The molecule has 0 bridgehead atoms. The lowest BCUT2D eigenvalue weighted by Gasteiger charge is -2.32. The van der Waals surface area contributed by atoms with Crippen LogP contribution < -0.4 is 0 Å². The molecular formula is C16H24N4O. The van der Waals surface area contributed by atoms with E-state index in [4.69, 9.17) is 0 Å². The third-order valence-electron chi connectivity index (χ3n) is 4.75. The second-order valence-corrected chi connectivity index (χ2v) is 6.10. The average molecular weight is 288 g/mol. The molecule has 5 nitrogen and oxygen atoms in total. The smallest absolute Gasteiger partial charge is 0.223 e. The Bertz CT molecular complexity index is 514. The maximum atomic E-state index is 12.3. The number of aromatic nitrogens is 3. The number of aryl methyl sites for hydroxylation is 1. The standard InChI is InChI=1S/C16H24N4O/c1-2-19-12-17-18-16(19)14-7-9-20(10-8-14)15(21)11-13-5-3-4-6-13/h3,5,12-14H,2,4,6-11H2,1H3/t13-/m0/s1. The van der Waals surface area contributed by atoms with Crippen molar-refractivity contribution >= 4 is 5.91 Å². The van der Waals surface area contributed by atoms with Gasteiger partial charge in [-0.25, -0.2) is 0 Å². The molecule has 0 aromatic carbocycles. The number of allylic oxidation sites excluding steroid dienone is 2. The molecule has 1 aromatic rings. The number of carbonyl (C=O) groups is 1. The molecule has 21 heavy (non-hydrogen) atoms. The van der Waals surface area contributed by atoms with Crippen LogP contribution in [0.4, 0.5) is 0 Å². The average Bonchev–Trinajstić information content (AvgIpc) is 3.18. The number of likely N-dealkylation sites (tertiary alicyclic amines) is 1. The second kappa shape index (κ2) is 6.41. The van der Waals surface area contributed by atoms with E-state index < -0.39 is 0 Å². The van der Waals surface area contributed by atoms with Crippen LogP contribution in [0.15, 0.2) is 18.5 Å². The minimum atomic E-state index is 0.321. The summed E-state index contributed by atoms with van der Waals surface area (Å²) in [5, 5.41) is 8.28. The van der Waals surface area contributed by atoms with Crippen molar-refractivity contribution in [3.8, 4) is 0 Å². The number of rotatable bonds is 4. The summed E-state index contributed by atoms with van der Waals surface area (Å²) < 4.78 is 2.12. The van der Waals surface area contributed by atoms with Crippen LogP contribution in [0.3, 0.4) is 0 Å². The van der Waals surface area contributed by atoms with E-state index in [0.29, 0.717) is 24.2 Å². The van der Waals surface area contributed by atoms with Gasteiger partial charge in [-0.05, 0) is 38.5 Å². The van der Waals surface area contributed by atoms with Gasteiger partial charge in [0.25, 0.3) is 0 Å². The van der Waals surface area contributed by atoms with Crippen molar-refractivity contribution in [1.29, 1.82) is 0 Å². The molecule has 1 aliphatic carbocycles. The fourth-order valence-corrected chi connectivity index (χ4v) is 3.43. The van der Waals surface area contributed by atoms with E-state index in [2.05, 4.69) is 33.8 Å². The molecule has 5 heteroatoms. The van der Waals surface area contributed by atoms with E-state index in [1.165, 1.54) is 0 Å². The van der Waals surface area contributed by atoms with Gasteiger partial charge >= 0.3 is 0 Å². The number of hydrogen-bond acceptors (Lipinski definition) is 3. The molecular weight excluding hydrogens is 264 g/mol. The third-order valence-corrected chi connectivity index (χ3v) is 4.75. The van der Waals surface area contributed by atoms with Crippen molar-refractivity contribution < 1.29 is 4.79 Å². The molecule has 3 rings (SSSR count). The molecule has 0 spiro atoms. The molecule has 114 valence electrons. The minimum Gasteiger partial charge on any atom is -0.343 e. The van der Waals surface area contributed by atoms with Gasteiger partial charge in [0, 0.05) is 32.0 Å². The second-order valence-electron chi connectivity index (χ2n) is 6.10. The van der Waals surface area contributed by atoms with E-state index in [9.17, 15) is 4.79 Å². The highest BCUT2D eigenvalue weighted by Gasteiger charge is 2.27. The Hall–Kier alpha value is -1.65. The zero-order valence-corrected chi connectivity index (χ0v) is 12.7. The molecule has 1 fully saturated rings. The number of nitrogens with zero attached hydrogens (tertiary/aromatic N) is 4. The Morgan fingerprint density at radius 2 is 2.14 bits per heavy atom. The van der Waals surface area contributed by atoms with Crippen molar-refractivity contribution in [1.82, 2.24) is 19.7 Å². The van der Waals surface area contributed by atoms with Crippen LogP contribution in [0.2, 0.25) is 0 Å². The Morgan fingerprint density at radius 1 is 1.33 bits per heavy atom. The van der Waals surface area contributed by atoms with E-state index in [-0.39, 0.29) is 0 Å². The van der Waals surface area contributed by atoms with Gasteiger partial charge in [-0.3, -0.25) is 4.79 Å². The fourth-order valence-electron chi connectivity index (χ4n) is 3.43. The predicted molar refractivity (Wildman–Crippen MR) is 80.7 cm³/mol. The maximum Gasteiger partial charge on any atom is 0.223 e. The number of hydrogen-bond donors (Lipinski definition) is 0. The summed E-state index contributed by atoms with van der Waals surface area (Å²) in [7, 11) is 0. The predicted octanol–water partition coefficient (Wildman–Crippen LogP) is 2.36. The molecule has 0 unspecified atom stereocenters. The van der Waals surface area contributed by atoms with Crippen LogP contribution in [0.1, 0.15) is 50.8 Å². The zero-order valence-electron chi connectivity index (χ0n) is 12.7. The Morgan fingerprint density at radius 3 is 2.81 bits per heavy atom. The van der Waals surface area contributed by atoms with Crippen LogP contribution in [0, 0.1) is 5.92 Å². The zero-order chi connectivity index (χ0) is 14.7. The summed E-state index contributed by atoms with van der Waals surface area (Å²) in [6.45, 7) is 4.74. The molecule has 0 radical (unpaired) electrons. The van der Waals surface area contributed by atoms with Gasteiger partial charge in [-0.15, -0.1) is 10.2 Å². The molecule has 0 saturated carbocycles. The summed E-state index contributed by atoms with van der Waals surface area (Å²) in [6.07, 6.45) is 11.2. The van der Waals surface area contributed by atoms with E-state index in [1.54, 1.807) is 6.33 Å². The largest absolute Gasteiger partial charge is 0.343 e. The molecule has 2 aliphatic rings. The molecule has 0 N–H and O–H groups in total. The quantitative estimate of drug-likeness (QED) is 0.799.